The van der Waals surface area contributed by atoms with E-state index >= 15 is 0 Å². The third-order valence-electron chi connectivity index (χ3n) is 6.05. The average Bonchev–Trinajstić information content (AvgIpc) is 3.06. The van der Waals surface area contributed by atoms with Crippen molar-refractivity contribution in [2.75, 3.05) is 13.1 Å². The predicted octanol–water partition coefficient (Wildman–Crippen LogP) is 3.08. The molecule has 1 spiro atoms. The number of aryl methyl sites for hydroxylation is 1. The summed E-state index contributed by atoms with van der Waals surface area (Å²) in [6, 6.07) is 7.35. The van der Waals surface area contributed by atoms with E-state index in [0.717, 1.165) is 24.8 Å². The van der Waals surface area contributed by atoms with Gasteiger partial charge in [0.05, 0.1) is 6.20 Å². The quantitative estimate of drug-likeness (QED) is 0.627. The minimum atomic E-state index is -3.50. The molecule has 1 saturated heterocycles. The normalized spacial score (nSPS) is 21.5. The average molecular weight is 434 g/mol. The fourth-order valence-corrected chi connectivity index (χ4v) is 5.84. The van der Waals surface area contributed by atoms with Crippen LogP contribution in [0.4, 0.5) is 0 Å². The number of rotatable bonds is 4. The Morgan fingerprint density at radius 1 is 1.28 bits per heavy atom. The van der Waals surface area contributed by atoms with Crippen LogP contribution in [0.15, 0.2) is 46.1 Å². The van der Waals surface area contributed by atoms with Gasteiger partial charge < -0.3 is 4.52 Å². The summed E-state index contributed by atoms with van der Waals surface area (Å²) in [5.74, 6) is 1.34. The smallest absolute Gasteiger partial charge is 0.246 e. The van der Waals surface area contributed by atoms with Crippen LogP contribution in [0.25, 0.3) is 11.4 Å². The lowest BCUT2D eigenvalue weighted by Crippen LogP contribution is -2.39. The zero-order valence-corrected chi connectivity index (χ0v) is 17.4. The number of benzene rings is 1. The number of nitrogens with zero attached hydrogens (tertiary/aromatic N) is 5. The van der Waals surface area contributed by atoms with Gasteiger partial charge in [0.2, 0.25) is 21.7 Å². The molecule has 2 aliphatic rings. The summed E-state index contributed by atoms with van der Waals surface area (Å²) >= 11 is 6.04. The highest BCUT2D eigenvalue weighted by atomic mass is 35.5. The van der Waals surface area contributed by atoms with Crippen molar-refractivity contribution < 1.29 is 12.9 Å². The van der Waals surface area contributed by atoms with Crippen molar-refractivity contribution in [1.82, 2.24) is 24.2 Å². The molecule has 2 fully saturated rings. The zero-order valence-electron chi connectivity index (χ0n) is 15.8. The van der Waals surface area contributed by atoms with Crippen LogP contribution < -0.4 is 0 Å². The first-order chi connectivity index (χ1) is 13.9. The van der Waals surface area contributed by atoms with Crippen molar-refractivity contribution in [1.29, 1.82) is 0 Å². The molecule has 29 heavy (non-hydrogen) atoms. The Bertz CT molecular complexity index is 1160. The van der Waals surface area contributed by atoms with Crippen LogP contribution in [-0.4, -0.2) is 45.7 Å². The van der Waals surface area contributed by atoms with Crippen molar-refractivity contribution >= 4 is 21.6 Å². The molecular weight excluding hydrogens is 414 g/mol. The molecule has 3 aromatic rings. The summed E-state index contributed by atoms with van der Waals surface area (Å²) in [6.45, 7) is 0.978. The highest BCUT2D eigenvalue weighted by molar-refractivity contribution is 7.89. The summed E-state index contributed by atoms with van der Waals surface area (Å²) in [7, 11) is -1.79. The van der Waals surface area contributed by atoms with E-state index < -0.39 is 10.0 Å². The van der Waals surface area contributed by atoms with Crippen LogP contribution in [0.2, 0.25) is 5.02 Å². The summed E-state index contributed by atoms with van der Waals surface area (Å²) in [5.41, 5.74) is 0.874. The minimum absolute atomic E-state index is 0.0547. The van der Waals surface area contributed by atoms with Gasteiger partial charge in [0.25, 0.3) is 0 Å². The Morgan fingerprint density at radius 2 is 2.07 bits per heavy atom. The van der Waals surface area contributed by atoms with Gasteiger partial charge in [0.15, 0.2) is 0 Å². The Morgan fingerprint density at radius 3 is 2.76 bits per heavy atom. The number of aromatic nitrogens is 4. The van der Waals surface area contributed by atoms with E-state index in [-0.39, 0.29) is 16.2 Å². The van der Waals surface area contributed by atoms with Crippen LogP contribution in [-0.2, 0) is 17.1 Å². The molecule has 2 aromatic heterocycles. The molecule has 3 heterocycles. The van der Waals surface area contributed by atoms with Gasteiger partial charge in [-0.3, -0.25) is 4.68 Å². The fourth-order valence-electron chi connectivity index (χ4n) is 4.22. The summed E-state index contributed by atoms with van der Waals surface area (Å²) in [6.07, 6.45) is 5.45. The molecule has 1 aliphatic carbocycles. The first-order valence-electron chi connectivity index (χ1n) is 9.46. The van der Waals surface area contributed by atoms with Crippen LogP contribution in [0, 0.1) is 5.41 Å². The van der Waals surface area contributed by atoms with E-state index in [9.17, 15) is 8.42 Å². The van der Waals surface area contributed by atoms with E-state index in [1.807, 2.05) is 12.1 Å². The first-order valence-corrected chi connectivity index (χ1v) is 11.3. The lowest BCUT2D eigenvalue weighted by Gasteiger charge is -2.31. The van der Waals surface area contributed by atoms with Crippen LogP contribution in [0.3, 0.4) is 0 Å². The second-order valence-electron chi connectivity index (χ2n) is 7.84. The number of hydrogen-bond acceptors (Lipinski definition) is 6. The van der Waals surface area contributed by atoms with Gasteiger partial charge >= 0.3 is 0 Å². The van der Waals surface area contributed by atoms with E-state index in [0.29, 0.717) is 29.8 Å². The highest BCUT2D eigenvalue weighted by Crippen LogP contribution is 2.64. The molecule has 0 unspecified atom stereocenters. The van der Waals surface area contributed by atoms with Crippen LogP contribution in [0.1, 0.15) is 31.1 Å². The van der Waals surface area contributed by atoms with Gasteiger partial charge in [-0.2, -0.15) is 14.4 Å². The standard InChI is InChI=1S/C19H20ClN5O3S/c1-24-12-15(11-21-24)29(26,27)25-7-5-19(6-8-25)10-16(19)18-22-17(23-28-18)13-3-2-4-14(20)9-13/h2-4,9,11-12,16H,5-8,10H2,1H3/t16-/m0/s1. The van der Waals surface area contributed by atoms with Crippen LogP contribution in [0.5, 0.6) is 0 Å². The SMILES string of the molecule is Cn1cc(S(=O)(=O)N2CCC3(CC2)C[C@H]3c2nc(-c3cccc(Cl)c3)no2)cn1. The molecule has 0 bridgehead atoms. The van der Waals surface area contributed by atoms with Gasteiger partial charge in [-0.25, -0.2) is 8.42 Å². The second-order valence-corrected chi connectivity index (χ2v) is 10.2. The predicted molar refractivity (Wildman–Crippen MR) is 106 cm³/mol. The number of sulfonamides is 1. The van der Waals surface area contributed by atoms with E-state index in [2.05, 4.69) is 15.2 Å². The molecule has 0 N–H and O–H groups in total. The maximum Gasteiger partial charge on any atom is 0.246 e. The van der Waals surface area contributed by atoms with Crippen molar-refractivity contribution in [3.63, 3.8) is 0 Å². The monoisotopic (exact) mass is 433 g/mol. The molecular formula is C19H20ClN5O3S. The molecule has 1 aliphatic heterocycles. The van der Waals surface area contributed by atoms with E-state index in [4.69, 9.17) is 16.1 Å². The lowest BCUT2D eigenvalue weighted by molar-refractivity contribution is 0.242. The molecule has 1 aromatic carbocycles. The maximum absolute atomic E-state index is 12.8. The van der Waals surface area contributed by atoms with Gasteiger partial charge in [0, 0.05) is 42.8 Å². The Balaban J connectivity index is 1.28. The van der Waals surface area contributed by atoms with Gasteiger partial charge in [-0.05, 0) is 36.8 Å². The molecule has 152 valence electrons. The Labute approximate surface area is 173 Å². The molecule has 1 saturated carbocycles. The Kier molecular flexibility index (Phi) is 4.30. The fraction of sp³-hybridized carbons (Fsp3) is 0.421. The second kappa shape index (κ2) is 6.65. The number of piperidine rings is 1. The molecule has 1 atom stereocenters. The Hall–Kier alpha value is -2.23. The van der Waals surface area contributed by atoms with Crippen molar-refractivity contribution in [3.8, 4) is 11.4 Å². The van der Waals surface area contributed by atoms with Gasteiger partial charge in [0.1, 0.15) is 4.90 Å². The highest BCUT2D eigenvalue weighted by Gasteiger charge is 2.59. The van der Waals surface area contributed by atoms with E-state index in [1.54, 1.807) is 23.5 Å². The summed E-state index contributed by atoms with van der Waals surface area (Å²) in [5, 5.41) is 8.70. The molecule has 0 amide bonds. The molecule has 8 nitrogen and oxygen atoms in total. The third-order valence-corrected chi connectivity index (χ3v) is 8.14. The number of halogens is 1. The zero-order chi connectivity index (χ0) is 20.2. The molecule has 0 radical (unpaired) electrons. The molecule has 5 rings (SSSR count). The van der Waals surface area contributed by atoms with Crippen molar-refractivity contribution in [3.05, 3.63) is 47.6 Å². The summed E-state index contributed by atoms with van der Waals surface area (Å²) in [4.78, 5) is 4.81. The van der Waals surface area contributed by atoms with Crippen molar-refractivity contribution in [2.24, 2.45) is 12.5 Å². The minimum Gasteiger partial charge on any atom is -0.339 e. The maximum atomic E-state index is 12.8. The largest absolute Gasteiger partial charge is 0.339 e. The number of hydrogen-bond donors (Lipinski definition) is 0. The third kappa shape index (κ3) is 3.27. The molecule has 10 heteroatoms. The first kappa shape index (κ1) is 18.8. The lowest BCUT2D eigenvalue weighted by atomic mass is 9.92. The summed E-state index contributed by atoms with van der Waals surface area (Å²) < 4.78 is 34.2. The topological polar surface area (TPSA) is 94.1 Å². The van der Waals surface area contributed by atoms with Crippen LogP contribution >= 0.6 is 11.6 Å². The van der Waals surface area contributed by atoms with E-state index in [1.165, 1.54) is 17.1 Å². The van der Waals surface area contributed by atoms with Gasteiger partial charge in [-0.15, -0.1) is 0 Å². The van der Waals surface area contributed by atoms with Gasteiger partial charge in [-0.1, -0.05) is 28.9 Å². The van der Waals surface area contributed by atoms with Crippen molar-refractivity contribution in [2.45, 2.75) is 30.1 Å².